The van der Waals surface area contributed by atoms with Crippen LogP contribution in [0.25, 0.3) is 0 Å². The fourth-order valence-corrected chi connectivity index (χ4v) is 1.97. The van der Waals surface area contributed by atoms with Gasteiger partial charge in [-0.2, -0.15) is 0 Å². The molecule has 0 N–H and O–H groups in total. The van der Waals surface area contributed by atoms with Gasteiger partial charge in [-0.3, -0.25) is 0 Å². The third-order valence-corrected chi connectivity index (χ3v) is 4.27. The highest BCUT2D eigenvalue weighted by molar-refractivity contribution is 6.67. The van der Waals surface area contributed by atoms with Crippen LogP contribution in [0.2, 0.25) is 12.1 Å². The zero-order valence-corrected chi connectivity index (χ0v) is 8.49. The molecular weight excluding hydrogens is 136 g/mol. The minimum absolute atomic E-state index is 0.342. The maximum Gasteiger partial charge on any atom is 0.144 e. The van der Waals surface area contributed by atoms with E-state index in [9.17, 15) is 0 Å². The van der Waals surface area contributed by atoms with E-state index in [1.807, 2.05) is 0 Å². The lowest BCUT2D eigenvalue weighted by molar-refractivity contribution is 0.864. The molecule has 0 aliphatic heterocycles. The lowest BCUT2D eigenvalue weighted by Gasteiger charge is -2.07. The Bertz CT molecular complexity index is 129. The second-order valence-corrected chi connectivity index (χ2v) is 5.25. The molecule has 0 saturated carbocycles. The highest BCUT2D eigenvalue weighted by Crippen LogP contribution is 2.11. The Morgan fingerprint density at radius 3 is 2.40 bits per heavy atom. The van der Waals surface area contributed by atoms with Crippen LogP contribution < -0.4 is 0 Å². The summed E-state index contributed by atoms with van der Waals surface area (Å²) >= 11 is 0. The molecule has 0 bridgehead atoms. The van der Waals surface area contributed by atoms with Crippen molar-refractivity contribution in [3.05, 3.63) is 0 Å². The maximum absolute atomic E-state index is 3.33. The van der Waals surface area contributed by atoms with Gasteiger partial charge in [-0.25, -0.2) is 0 Å². The van der Waals surface area contributed by atoms with Gasteiger partial charge in [0, 0.05) is 6.42 Å². The van der Waals surface area contributed by atoms with Crippen molar-refractivity contribution in [3.8, 4) is 11.5 Å². The van der Waals surface area contributed by atoms with E-state index in [0.29, 0.717) is 0 Å². The zero-order valence-electron chi connectivity index (χ0n) is 7.49. The predicted octanol–water partition coefficient (Wildman–Crippen LogP) is 2.86. The van der Waals surface area contributed by atoms with Crippen molar-refractivity contribution in [1.82, 2.24) is 0 Å². The highest BCUT2D eigenvalue weighted by Gasteiger charge is 2.08. The van der Waals surface area contributed by atoms with E-state index in [4.69, 9.17) is 0 Å². The van der Waals surface area contributed by atoms with Crippen LogP contribution in [0, 0.1) is 11.5 Å². The molecule has 0 heterocycles. The Morgan fingerprint density at radius 1 is 1.40 bits per heavy atom. The monoisotopic (exact) mass is 153 g/mol. The van der Waals surface area contributed by atoms with Crippen molar-refractivity contribution in [2.45, 2.75) is 45.7 Å². The molecule has 10 heavy (non-hydrogen) atoms. The molecule has 0 aromatic carbocycles. The van der Waals surface area contributed by atoms with Gasteiger partial charge in [-0.05, 0) is 5.54 Å². The SMILES string of the molecule is CCC#C[Si](C)C(C)CC. The van der Waals surface area contributed by atoms with E-state index >= 15 is 0 Å². The van der Waals surface area contributed by atoms with Crippen LogP contribution in [-0.4, -0.2) is 8.80 Å². The van der Waals surface area contributed by atoms with Crippen molar-refractivity contribution in [3.63, 3.8) is 0 Å². The third kappa shape index (κ3) is 3.74. The zero-order chi connectivity index (χ0) is 7.98. The first-order chi connectivity index (χ1) is 4.72. The van der Waals surface area contributed by atoms with Crippen molar-refractivity contribution in [2.24, 2.45) is 0 Å². The van der Waals surface area contributed by atoms with E-state index in [-0.39, 0.29) is 8.80 Å². The molecule has 0 aromatic rings. The van der Waals surface area contributed by atoms with Gasteiger partial charge in [0.05, 0.1) is 0 Å². The van der Waals surface area contributed by atoms with Crippen molar-refractivity contribution in [2.75, 3.05) is 0 Å². The minimum atomic E-state index is -0.342. The van der Waals surface area contributed by atoms with Gasteiger partial charge in [-0.1, -0.05) is 33.7 Å². The minimum Gasteiger partial charge on any atom is -0.133 e. The number of rotatable bonds is 2. The predicted molar refractivity (Wildman–Crippen MR) is 49.4 cm³/mol. The van der Waals surface area contributed by atoms with Gasteiger partial charge < -0.3 is 0 Å². The van der Waals surface area contributed by atoms with Crippen LogP contribution in [-0.2, 0) is 0 Å². The molecular formula is C9H17Si. The number of hydrogen-bond acceptors (Lipinski definition) is 0. The van der Waals surface area contributed by atoms with Crippen molar-refractivity contribution < 1.29 is 0 Å². The summed E-state index contributed by atoms with van der Waals surface area (Å²) in [6.45, 7) is 8.96. The van der Waals surface area contributed by atoms with Gasteiger partial charge in [-0.15, -0.1) is 11.5 Å². The molecule has 1 atom stereocenters. The fourth-order valence-electron chi connectivity index (χ4n) is 0.657. The van der Waals surface area contributed by atoms with E-state index in [1.165, 1.54) is 6.42 Å². The molecule has 0 aliphatic carbocycles. The van der Waals surface area contributed by atoms with E-state index < -0.39 is 0 Å². The van der Waals surface area contributed by atoms with E-state index in [1.54, 1.807) is 0 Å². The molecule has 57 valence electrons. The summed E-state index contributed by atoms with van der Waals surface area (Å²) in [4.78, 5) is 0. The normalized spacial score (nSPS) is 12.5. The van der Waals surface area contributed by atoms with Crippen molar-refractivity contribution >= 4 is 8.80 Å². The summed E-state index contributed by atoms with van der Waals surface area (Å²) in [7, 11) is -0.342. The second kappa shape index (κ2) is 5.55. The van der Waals surface area contributed by atoms with Gasteiger partial charge in [0.25, 0.3) is 0 Å². The van der Waals surface area contributed by atoms with Crippen LogP contribution in [0.15, 0.2) is 0 Å². The summed E-state index contributed by atoms with van der Waals surface area (Å²) in [5.74, 6) is 3.16. The topological polar surface area (TPSA) is 0 Å². The summed E-state index contributed by atoms with van der Waals surface area (Å²) in [5.41, 5.74) is 4.19. The van der Waals surface area contributed by atoms with Gasteiger partial charge >= 0.3 is 0 Å². The fraction of sp³-hybridized carbons (Fsp3) is 0.778. The molecule has 1 unspecified atom stereocenters. The smallest absolute Gasteiger partial charge is 0.133 e. The summed E-state index contributed by atoms with van der Waals surface area (Å²) < 4.78 is 0. The Morgan fingerprint density at radius 2 is 2.00 bits per heavy atom. The van der Waals surface area contributed by atoms with Crippen LogP contribution in [0.5, 0.6) is 0 Å². The summed E-state index contributed by atoms with van der Waals surface area (Å²) in [6.07, 6.45) is 2.29. The van der Waals surface area contributed by atoms with Gasteiger partial charge in [0.1, 0.15) is 8.80 Å². The quantitative estimate of drug-likeness (QED) is 0.423. The summed E-state index contributed by atoms with van der Waals surface area (Å²) in [6, 6.07) is 0. The van der Waals surface area contributed by atoms with Crippen molar-refractivity contribution in [1.29, 1.82) is 0 Å². The second-order valence-electron chi connectivity index (χ2n) is 2.65. The molecule has 0 amide bonds. The Balaban J connectivity index is 3.71. The molecule has 1 radical (unpaired) electrons. The highest BCUT2D eigenvalue weighted by atomic mass is 28.3. The average molecular weight is 153 g/mol. The molecule has 0 spiro atoms. The Kier molecular flexibility index (Phi) is 5.43. The lowest BCUT2D eigenvalue weighted by atomic mass is 10.4. The molecule has 0 aromatic heterocycles. The van der Waals surface area contributed by atoms with Crippen LogP contribution in [0.3, 0.4) is 0 Å². The first kappa shape index (κ1) is 9.78. The standard InChI is InChI=1S/C9H17Si/c1-5-7-8-10(4)9(3)6-2/h9H,5-6H2,1-4H3. The van der Waals surface area contributed by atoms with Crippen LogP contribution >= 0.6 is 0 Å². The molecule has 0 fully saturated rings. The van der Waals surface area contributed by atoms with E-state index in [2.05, 4.69) is 38.8 Å². The van der Waals surface area contributed by atoms with E-state index in [0.717, 1.165) is 12.0 Å². The van der Waals surface area contributed by atoms with Crippen LogP contribution in [0.1, 0.15) is 33.6 Å². The largest absolute Gasteiger partial charge is 0.144 e. The molecule has 0 aliphatic rings. The maximum atomic E-state index is 3.33. The third-order valence-electron chi connectivity index (χ3n) is 1.81. The number of hydrogen-bond donors (Lipinski definition) is 0. The average Bonchev–Trinajstić information content (AvgIpc) is 1.98. The first-order valence-electron chi connectivity index (χ1n) is 4.04. The lowest BCUT2D eigenvalue weighted by Crippen LogP contribution is -2.10. The summed E-state index contributed by atoms with van der Waals surface area (Å²) in [5, 5.41) is 0. The Labute approximate surface area is 66.6 Å². The molecule has 0 rings (SSSR count). The first-order valence-corrected chi connectivity index (χ1v) is 6.12. The molecule has 0 saturated heterocycles. The van der Waals surface area contributed by atoms with Crippen LogP contribution in [0.4, 0.5) is 0 Å². The van der Waals surface area contributed by atoms with Gasteiger partial charge in [0.2, 0.25) is 0 Å². The molecule has 0 nitrogen and oxygen atoms in total. The van der Waals surface area contributed by atoms with Gasteiger partial charge in [0.15, 0.2) is 0 Å². The Hall–Kier alpha value is -0.223. The molecule has 1 heteroatoms.